The first kappa shape index (κ1) is 21.9. The highest BCUT2D eigenvalue weighted by molar-refractivity contribution is 5.89. The first-order valence-electron chi connectivity index (χ1n) is 9.44. The summed E-state index contributed by atoms with van der Waals surface area (Å²) in [5.74, 6) is 1.06. The van der Waals surface area contributed by atoms with Gasteiger partial charge in [0.1, 0.15) is 23.9 Å². The van der Waals surface area contributed by atoms with Crippen LogP contribution in [-0.2, 0) is 16.1 Å². The number of aromatic nitrogens is 1. The molecule has 0 fully saturated rings. The number of ether oxygens (including phenoxy) is 4. The minimum Gasteiger partial charge on any atom is -0.489 e. The van der Waals surface area contributed by atoms with Crippen molar-refractivity contribution in [2.24, 2.45) is 0 Å². The fourth-order valence-corrected chi connectivity index (χ4v) is 2.56. The molecule has 3 rings (SSSR count). The maximum atomic E-state index is 12.0. The Kier molecular flexibility index (Phi) is 8.10. The van der Waals surface area contributed by atoms with Crippen molar-refractivity contribution in [3.05, 3.63) is 83.7 Å². The summed E-state index contributed by atoms with van der Waals surface area (Å²) in [6.07, 6.45) is 3.67. The highest BCUT2D eigenvalue weighted by Crippen LogP contribution is 2.26. The fourth-order valence-electron chi connectivity index (χ4n) is 2.56. The monoisotopic (exact) mass is 423 g/mol. The van der Waals surface area contributed by atoms with E-state index in [4.69, 9.17) is 24.1 Å². The molecule has 1 N–H and O–H groups in total. The predicted molar refractivity (Wildman–Crippen MR) is 110 cm³/mol. The van der Waals surface area contributed by atoms with E-state index in [2.05, 4.69) is 4.98 Å². The Bertz CT molecular complexity index is 1000. The van der Waals surface area contributed by atoms with Crippen molar-refractivity contribution in [3.63, 3.8) is 0 Å². The van der Waals surface area contributed by atoms with Crippen molar-refractivity contribution >= 4 is 12.3 Å². The van der Waals surface area contributed by atoms with Gasteiger partial charge in [0.25, 0.3) is 0 Å². The number of nitrogens with zero attached hydrogens (tertiary/aromatic N) is 1. The van der Waals surface area contributed by atoms with Gasteiger partial charge in [-0.25, -0.2) is 4.79 Å². The van der Waals surface area contributed by atoms with Crippen LogP contribution in [0, 0.1) is 0 Å². The Hall–Kier alpha value is -3.75. The zero-order chi connectivity index (χ0) is 21.9. The zero-order valence-electron chi connectivity index (χ0n) is 16.6. The molecule has 0 saturated heterocycles. The normalized spacial score (nSPS) is 10.4. The number of carbonyl (C=O) groups is 2. The number of hydrogen-bond donors (Lipinski definition) is 1. The van der Waals surface area contributed by atoms with E-state index >= 15 is 0 Å². The molecule has 2 aromatic carbocycles. The molecule has 0 spiro atoms. The van der Waals surface area contributed by atoms with Gasteiger partial charge in [-0.05, 0) is 48.0 Å². The van der Waals surface area contributed by atoms with Crippen LogP contribution in [0.2, 0.25) is 0 Å². The Morgan fingerprint density at radius 1 is 1.06 bits per heavy atom. The van der Waals surface area contributed by atoms with Crippen molar-refractivity contribution in [1.29, 1.82) is 0 Å². The summed E-state index contributed by atoms with van der Waals surface area (Å²) in [5, 5.41) is 8.64. The van der Waals surface area contributed by atoms with Gasteiger partial charge in [0.05, 0.1) is 24.3 Å². The van der Waals surface area contributed by atoms with E-state index in [0.29, 0.717) is 34.7 Å². The molecular weight excluding hydrogens is 402 g/mol. The number of carbonyl (C=O) groups excluding carboxylic acids is 2. The van der Waals surface area contributed by atoms with E-state index in [-0.39, 0.29) is 26.6 Å². The van der Waals surface area contributed by atoms with Gasteiger partial charge in [-0.3, -0.25) is 9.78 Å². The van der Waals surface area contributed by atoms with Crippen LogP contribution in [0.1, 0.15) is 26.3 Å². The quantitative estimate of drug-likeness (QED) is 0.217. The molecule has 0 aliphatic carbocycles. The Morgan fingerprint density at radius 2 is 1.87 bits per heavy atom. The number of aliphatic hydroxyl groups excluding tert-OH is 1. The lowest BCUT2D eigenvalue weighted by Gasteiger charge is -2.10. The summed E-state index contributed by atoms with van der Waals surface area (Å²) in [6, 6.07) is 15.4. The molecule has 160 valence electrons. The number of aldehydes is 1. The van der Waals surface area contributed by atoms with Crippen molar-refractivity contribution in [2.45, 2.75) is 6.61 Å². The first-order chi connectivity index (χ1) is 15.2. The number of aliphatic hydroxyl groups is 1. The molecule has 8 heteroatoms. The Labute approximate surface area is 179 Å². The molecule has 0 aliphatic heterocycles. The van der Waals surface area contributed by atoms with Crippen LogP contribution in [0.4, 0.5) is 0 Å². The average molecular weight is 423 g/mol. The molecule has 0 aliphatic rings. The van der Waals surface area contributed by atoms with Crippen LogP contribution in [0.25, 0.3) is 0 Å². The van der Waals surface area contributed by atoms with Crippen LogP contribution in [0.3, 0.4) is 0 Å². The largest absolute Gasteiger partial charge is 0.489 e. The van der Waals surface area contributed by atoms with Gasteiger partial charge < -0.3 is 24.1 Å². The zero-order valence-corrected chi connectivity index (χ0v) is 16.6. The number of hydrogen-bond acceptors (Lipinski definition) is 8. The molecule has 1 aromatic heterocycles. The van der Waals surface area contributed by atoms with E-state index in [9.17, 15) is 9.59 Å². The predicted octanol–water partition coefficient (Wildman–Crippen LogP) is 3.39. The molecule has 8 nitrogen and oxygen atoms in total. The van der Waals surface area contributed by atoms with Gasteiger partial charge in [-0.15, -0.1) is 0 Å². The molecule has 0 radical (unpaired) electrons. The lowest BCUT2D eigenvalue weighted by molar-refractivity contribution is -0.0399. The SMILES string of the molecule is O=Cc1cnccc1Oc1ccc(OCc2cccc(C(=O)OCOCCO)c2)cc1. The van der Waals surface area contributed by atoms with Gasteiger partial charge >= 0.3 is 5.97 Å². The Balaban J connectivity index is 1.54. The molecule has 0 unspecified atom stereocenters. The molecule has 31 heavy (non-hydrogen) atoms. The second-order valence-corrected chi connectivity index (χ2v) is 6.28. The second kappa shape index (κ2) is 11.4. The van der Waals surface area contributed by atoms with E-state index in [1.165, 1.54) is 6.20 Å². The van der Waals surface area contributed by atoms with E-state index < -0.39 is 5.97 Å². The maximum absolute atomic E-state index is 12.0. The maximum Gasteiger partial charge on any atom is 0.340 e. The van der Waals surface area contributed by atoms with Gasteiger partial charge in [-0.2, -0.15) is 0 Å². The van der Waals surface area contributed by atoms with E-state index in [1.807, 2.05) is 6.07 Å². The van der Waals surface area contributed by atoms with Crippen molar-refractivity contribution < 1.29 is 33.6 Å². The third-order valence-corrected chi connectivity index (χ3v) is 4.07. The van der Waals surface area contributed by atoms with Crippen LogP contribution >= 0.6 is 0 Å². The van der Waals surface area contributed by atoms with Crippen LogP contribution in [0.5, 0.6) is 17.2 Å². The highest BCUT2D eigenvalue weighted by atomic mass is 16.7. The Morgan fingerprint density at radius 3 is 2.65 bits per heavy atom. The summed E-state index contributed by atoms with van der Waals surface area (Å²) >= 11 is 0. The third-order valence-electron chi connectivity index (χ3n) is 4.07. The number of esters is 1. The number of benzene rings is 2. The highest BCUT2D eigenvalue weighted by Gasteiger charge is 2.09. The standard InChI is InChI=1S/C23H21NO7/c25-10-11-28-16-30-23(27)18-3-1-2-17(12-18)15-29-20-4-6-21(7-5-20)31-22-8-9-24-13-19(22)14-26/h1-9,12-14,25H,10-11,15-16H2. The molecule has 0 bridgehead atoms. The number of rotatable bonds is 11. The van der Waals surface area contributed by atoms with E-state index in [1.54, 1.807) is 54.7 Å². The molecule has 0 saturated carbocycles. The summed E-state index contributed by atoms with van der Waals surface area (Å²) in [7, 11) is 0. The van der Waals surface area contributed by atoms with Crippen molar-refractivity contribution in [2.75, 3.05) is 20.0 Å². The molecule has 1 heterocycles. The van der Waals surface area contributed by atoms with Crippen LogP contribution in [-0.4, -0.2) is 42.4 Å². The minimum atomic E-state index is -0.521. The second-order valence-electron chi connectivity index (χ2n) is 6.28. The van der Waals surface area contributed by atoms with Gasteiger partial charge in [-0.1, -0.05) is 12.1 Å². The topological polar surface area (TPSA) is 104 Å². The smallest absolute Gasteiger partial charge is 0.340 e. The van der Waals surface area contributed by atoms with Gasteiger partial charge in [0.15, 0.2) is 13.1 Å². The molecule has 3 aromatic rings. The summed E-state index contributed by atoms with van der Waals surface area (Å²) in [6.45, 7) is -0.00283. The molecule has 0 atom stereocenters. The number of pyridine rings is 1. The molecular formula is C23H21NO7. The van der Waals surface area contributed by atoms with Gasteiger partial charge in [0, 0.05) is 12.4 Å². The average Bonchev–Trinajstić information content (AvgIpc) is 2.82. The lowest BCUT2D eigenvalue weighted by atomic mass is 10.1. The van der Waals surface area contributed by atoms with Crippen LogP contribution in [0.15, 0.2) is 67.0 Å². The fraction of sp³-hybridized carbons (Fsp3) is 0.174. The van der Waals surface area contributed by atoms with Crippen molar-refractivity contribution in [1.82, 2.24) is 4.98 Å². The van der Waals surface area contributed by atoms with Gasteiger partial charge in [0.2, 0.25) is 0 Å². The first-order valence-corrected chi connectivity index (χ1v) is 9.44. The van der Waals surface area contributed by atoms with Crippen molar-refractivity contribution in [3.8, 4) is 17.2 Å². The lowest BCUT2D eigenvalue weighted by Crippen LogP contribution is -2.11. The third kappa shape index (κ3) is 6.63. The van der Waals surface area contributed by atoms with Crippen LogP contribution < -0.4 is 9.47 Å². The molecule has 0 amide bonds. The summed E-state index contributed by atoms with van der Waals surface area (Å²) in [4.78, 5) is 27.0. The summed E-state index contributed by atoms with van der Waals surface area (Å²) in [5.41, 5.74) is 1.53. The van der Waals surface area contributed by atoms with E-state index in [0.717, 1.165) is 5.56 Å². The summed E-state index contributed by atoms with van der Waals surface area (Å²) < 4.78 is 21.4. The minimum absolute atomic E-state index is 0.103.